The van der Waals surface area contributed by atoms with Crippen LogP contribution in [0.4, 0.5) is 0 Å². The first kappa shape index (κ1) is 16.2. The van der Waals surface area contributed by atoms with Gasteiger partial charge in [-0.25, -0.2) is 4.68 Å². The Morgan fingerprint density at radius 2 is 1.86 bits per heavy atom. The highest BCUT2D eigenvalue weighted by atomic mass is 16.5. The number of rotatable bonds is 5. The Morgan fingerprint density at radius 3 is 2.36 bits per heavy atom. The number of benzene rings is 1. The van der Waals surface area contributed by atoms with Gasteiger partial charge in [0.2, 0.25) is 0 Å². The van der Waals surface area contributed by atoms with Crippen LogP contribution in [0.15, 0.2) is 35.1 Å². The predicted molar refractivity (Wildman–Crippen MR) is 88.0 cm³/mol. The Hall–Kier alpha value is -2.14. The first-order valence-corrected chi connectivity index (χ1v) is 7.57. The molecule has 1 atom stereocenters. The molecule has 2 rings (SSSR count). The Bertz CT molecular complexity index is 688. The maximum atomic E-state index is 12.2. The lowest BCUT2D eigenvalue weighted by Gasteiger charge is -2.12. The lowest BCUT2D eigenvalue weighted by molar-refractivity contribution is 0.242. The third-order valence-corrected chi connectivity index (χ3v) is 3.31. The SMILES string of the molecule is CCn1nc(-c2ccc(OC(C)C)cc2)cc(C(C)N)c1=O. The molecule has 0 fully saturated rings. The minimum atomic E-state index is -0.324. The summed E-state index contributed by atoms with van der Waals surface area (Å²) in [6.45, 7) is 8.19. The van der Waals surface area contributed by atoms with E-state index in [0.29, 0.717) is 12.1 Å². The maximum absolute atomic E-state index is 12.2. The van der Waals surface area contributed by atoms with Gasteiger partial charge in [0.05, 0.1) is 11.8 Å². The van der Waals surface area contributed by atoms with Gasteiger partial charge in [-0.05, 0) is 58.0 Å². The van der Waals surface area contributed by atoms with Crippen molar-refractivity contribution in [3.05, 3.63) is 46.2 Å². The highest BCUT2D eigenvalue weighted by Crippen LogP contribution is 2.22. The van der Waals surface area contributed by atoms with Crippen LogP contribution in [0.25, 0.3) is 11.3 Å². The molecule has 5 nitrogen and oxygen atoms in total. The van der Waals surface area contributed by atoms with Crippen molar-refractivity contribution in [2.45, 2.75) is 46.4 Å². The second-order valence-corrected chi connectivity index (χ2v) is 5.59. The van der Waals surface area contributed by atoms with E-state index >= 15 is 0 Å². The van der Waals surface area contributed by atoms with Crippen molar-refractivity contribution in [3.8, 4) is 17.0 Å². The first-order chi connectivity index (χ1) is 10.4. The molecule has 0 saturated carbocycles. The molecule has 22 heavy (non-hydrogen) atoms. The standard InChI is InChI=1S/C17H23N3O2/c1-5-20-17(21)15(12(4)18)10-16(19-20)13-6-8-14(9-7-13)22-11(2)3/h6-12H,5,18H2,1-4H3. The maximum Gasteiger partial charge on any atom is 0.271 e. The van der Waals surface area contributed by atoms with E-state index in [2.05, 4.69) is 5.10 Å². The van der Waals surface area contributed by atoms with Crippen molar-refractivity contribution in [1.82, 2.24) is 9.78 Å². The average molecular weight is 301 g/mol. The molecule has 1 heterocycles. The number of aromatic nitrogens is 2. The number of nitrogens with two attached hydrogens (primary N) is 1. The van der Waals surface area contributed by atoms with Gasteiger partial charge in [-0.2, -0.15) is 5.10 Å². The van der Waals surface area contributed by atoms with E-state index in [1.807, 2.05) is 45.0 Å². The summed E-state index contributed by atoms with van der Waals surface area (Å²) in [6.07, 6.45) is 0.135. The van der Waals surface area contributed by atoms with Gasteiger partial charge in [0.15, 0.2) is 0 Å². The molecular formula is C17H23N3O2. The van der Waals surface area contributed by atoms with Crippen molar-refractivity contribution < 1.29 is 4.74 Å². The number of hydrogen-bond acceptors (Lipinski definition) is 4. The molecule has 0 amide bonds. The molecule has 0 aliphatic carbocycles. The quantitative estimate of drug-likeness (QED) is 0.922. The van der Waals surface area contributed by atoms with Crippen LogP contribution in [0.1, 0.15) is 39.3 Å². The summed E-state index contributed by atoms with van der Waals surface area (Å²) in [7, 11) is 0. The fourth-order valence-electron chi connectivity index (χ4n) is 2.22. The van der Waals surface area contributed by atoms with Gasteiger partial charge in [0, 0.05) is 23.7 Å². The summed E-state index contributed by atoms with van der Waals surface area (Å²) >= 11 is 0. The van der Waals surface area contributed by atoms with Crippen LogP contribution in [0, 0.1) is 0 Å². The fraction of sp³-hybridized carbons (Fsp3) is 0.412. The normalized spacial score (nSPS) is 12.5. The summed E-state index contributed by atoms with van der Waals surface area (Å²) < 4.78 is 7.09. The molecule has 0 bridgehead atoms. The number of aryl methyl sites for hydroxylation is 1. The topological polar surface area (TPSA) is 70.1 Å². The van der Waals surface area contributed by atoms with Gasteiger partial charge >= 0.3 is 0 Å². The van der Waals surface area contributed by atoms with E-state index in [1.54, 1.807) is 13.0 Å². The zero-order valence-electron chi connectivity index (χ0n) is 13.5. The van der Waals surface area contributed by atoms with Gasteiger partial charge in [0.25, 0.3) is 5.56 Å². The number of ether oxygens (including phenoxy) is 1. The summed E-state index contributed by atoms with van der Waals surface area (Å²) in [5, 5.41) is 4.40. The fourth-order valence-corrected chi connectivity index (χ4v) is 2.22. The highest BCUT2D eigenvalue weighted by Gasteiger charge is 2.12. The summed E-state index contributed by atoms with van der Waals surface area (Å²) in [6, 6.07) is 9.15. The van der Waals surface area contributed by atoms with Crippen molar-refractivity contribution in [3.63, 3.8) is 0 Å². The second-order valence-electron chi connectivity index (χ2n) is 5.59. The predicted octanol–water partition coefficient (Wildman–Crippen LogP) is 2.74. The van der Waals surface area contributed by atoms with Crippen LogP contribution >= 0.6 is 0 Å². The van der Waals surface area contributed by atoms with Gasteiger partial charge in [0.1, 0.15) is 5.75 Å². The van der Waals surface area contributed by atoms with Gasteiger partial charge in [-0.3, -0.25) is 4.79 Å². The van der Waals surface area contributed by atoms with E-state index in [9.17, 15) is 4.79 Å². The summed E-state index contributed by atoms with van der Waals surface area (Å²) in [5.74, 6) is 0.815. The van der Waals surface area contributed by atoms with Crippen LogP contribution in [-0.2, 0) is 6.54 Å². The Kier molecular flexibility index (Phi) is 4.98. The van der Waals surface area contributed by atoms with Gasteiger partial charge < -0.3 is 10.5 Å². The minimum absolute atomic E-state index is 0.124. The average Bonchev–Trinajstić information content (AvgIpc) is 2.47. The van der Waals surface area contributed by atoms with Crippen molar-refractivity contribution in [2.75, 3.05) is 0 Å². The second kappa shape index (κ2) is 6.75. The molecule has 0 radical (unpaired) electrons. The lowest BCUT2D eigenvalue weighted by atomic mass is 10.1. The molecule has 2 aromatic rings. The molecule has 118 valence electrons. The lowest BCUT2D eigenvalue weighted by Crippen LogP contribution is -2.29. The van der Waals surface area contributed by atoms with Crippen molar-refractivity contribution >= 4 is 0 Å². The molecule has 1 unspecified atom stereocenters. The minimum Gasteiger partial charge on any atom is -0.491 e. The zero-order chi connectivity index (χ0) is 16.3. The van der Waals surface area contributed by atoms with Crippen molar-refractivity contribution in [1.29, 1.82) is 0 Å². The molecule has 2 N–H and O–H groups in total. The van der Waals surface area contributed by atoms with Crippen LogP contribution in [-0.4, -0.2) is 15.9 Å². The smallest absolute Gasteiger partial charge is 0.271 e. The van der Waals surface area contributed by atoms with Crippen LogP contribution in [0.2, 0.25) is 0 Å². The molecule has 0 spiro atoms. The molecule has 5 heteroatoms. The number of hydrogen-bond donors (Lipinski definition) is 1. The van der Waals surface area contributed by atoms with E-state index in [4.69, 9.17) is 10.5 Å². The third kappa shape index (κ3) is 3.54. The number of nitrogens with zero attached hydrogens (tertiary/aromatic N) is 2. The first-order valence-electron chi connectivity index (χ1n) is 7.57. The van der Waals surface area contributed by atoms with Crippen LogP contribution < -0.4 is 16.0 Å². The highest BCUT2D eigenvalue weighted by molar-refractivity contribution is 5.60. The Morgan fingerprint density at radius 1 is 1.23 bits per heavy atom. The van der Waals surface area contributed by atoms with E-state index < -0.39 is 0 Å². The molecular weight excluding hydrogens is 278 g/mol. The Balaban J connectivity index is 2.44. The van der Waals surface area contributed by atoms with Crippen LogP contribution in [0.3, 0.4) is 0 Å². The van der Waals surface area contributed by atoms with Gasteiger partial charge in [-0.1, -0.05) is 0 Å². The van der Waals surface area contributed by atoms with Crippen molar-refractivity contribution in [2.24, 2.45) is 5.73 Å². The largest absolute Gasteiger partial charge is 0.491 e. The molecule has 0 saturated heterocycles. The van der Waals surface area contributed by atoms with E-state index in [1.165, 1.54) is 4.68 Å². The summed E-state index contributed by atoms with van der Waals surface area (Å²) in [5.41, 5.74) is 8.03. The molecule has 0 aliphatic rings. The molecule has 1 aromatic heterocycles. The Labute approximate surface area is 130 Å². The summed E-state index contributed by atoms with van der Waals surface area (Å²) in [4.78, 5) is 12.2. The van der Waals surface area contributed by atoms with Gasteiger partial charge in [-0.15, -0.1) is 0 Å². The monoisotopic (exact) mass is 301 g/mol. The molecule has 0 aliphatic heterocycles. The zero-order valence-corrected chi connectivity index (χ0v) is 13.5. The van der Waals surface area contributed by atoms with Crippen LogP contribution in [0.5, 0.6) is 5.75 Å². The molecule has 1 aromatic carbocycles. The third-order valence-electron chi connectivity index (χ3n) is 3.31. The van der Waals surface area contributed by atoms with E-state index in [-0.39, 0.29) is 17.7 Å². The van der Waals surface area contributed by atoms with E-state index in [0.717, 1.165) is 17.0 Å².